The summed E-state index contributed by atoms with van der Waals surface area (Å²) in [4.78, 5) is 0.0176. The molecular formula is C12H9Cl2NO3S. The van der Waals surface area contributed by atoms with Gasteiger partial charge >= 0.3 is 0 Å². The first-order valence-electron chi connectivity index (χ1n) is 5.11. The maximum atomic E-state index is 11.1. The van der Waals surface area contributed by atoms with E-state index in [0.29, 0.717) is 21.5 Å². The van der Waals surface area contributed by atoms with Gasteiger partial charge in [0.1, 0.15) is 11.5 Å². The standard InChI is InChI=1S/C12H9Cl2NO3S/c13-8-5-9(14)7-11(6-8)18-10-1-3-12(4-2-10)19(15,16)17/h1-7H,(H2,15,16,17). The molecule has 7 heteroatoms. The van der Waals surface area contributed by atoms with Crippen LogP contribution in [0, 0.1) is 0 Å². The third-order valence-corrected chi connectivity index (χ3v) is 3.59. The molecule has 0 unspecified atom stereocenters. The van der Waals surface area contributed by atoms with Gasteiger partial charge in [0.05, 0.1) is 4.90 Å². The van der Waals surface area contributed by atoms with E-state index in [2.05, 4.69) is 0 Å². The van der Waals surface area contributed by atoms with E-state index in [0.717, 1.165) is 0 Å². The van der Waals surface area contributed by atoms with Crippen molar-refractivity contribution in [3.63, 3.8) is 0 Å². The van der Waals surface area contributed by atoms with E-state index in [1.54, 1.807) is 18.2 Å². The fourth-order valence-electron chi connectivity index (χ4n) is 1.42. The molecule has 0 bridgehead atoms. The van der Waals surface area contributed by atoms with Gasteiger partial charge in [-0.25, -0.2) is 13.6 Å². The second-order valence-electron chi connectivity index (χ2n) is 3.72. The Bertz CT molecular complexity index is 679. The zero-order chi connectivity index (χ0) is 14.0. The van der Waals surface area contributed by atoms with Gasteiger partial charge in [0.2, 0.25) is 10.0 Å². The number of rotatable bonds is 3. The summed E-state index contributed by atoms with van der Waals surface area (Å²) in [5.41, 5.74) is 0. The van der Waals surface area contributed by atoms with E-state index in [9.17, 15) is 8.42 Å². The lowest BCUT2D eigenvalue weighted by atomic mass is 10.3. The lowest BCUT2D eigenvalue weighted by Gasteiger charge is -2.07. The van der Waals surface area contributed by atoms with Crippen LogP contribution >= 0.6 is 23.2 Å². The van der Waals surface area contributed by atoms with Gasteiger partial charge in [0, 0.05) is 10.0 Å². The Morgan fingerprint density at radius 2 is 1.42 bits per heavy atom. The number of nitrogens with two attached hydrogens (primary N) is 1. The number of hydrogen-bond acceptors (Lipinski definition) is 3. The monoisotopic (exact) mass is 317 g/mol. The minimum absolute atomic E-state index is 0.0176. The number of ether oxygens (including phenoxy) is 1. The minimum atomic E-state index is -3.70. The van der Waals surface area contributed by atoms with Crippen molar-refractivity contribution in [2.75, 3.05) is 0 Å². The highest BCUT2D eigenvalue weighted by Crippen LogP contribution is 2.28. The Kier molecular flexibility index (Phi) is 4.01. The first-order valence-corrected chi connectivity index (χ1v) is 7.42. The summed E-state index contributed by atoms with van der Waals surface area (Å²) in [7, 11) is -3.70. The average molecular weight is 318 g/mol. The summed E-state index contributed by atoms with van der Waals surface area (Å²) in [5.74, 6) is 0.909. The highest BCUT2D eigenvalue weighted by molar-refractivity contribution is 7.89. The van der Waals surface area contributed by atoms with Crippen molar-refractivity contribution in [2.24, 2.45) is 5.14 Å². The molecule has 19 heavy (non-hydrogen) atoms. The first kappa shape index (κ1) is 14.1. The smallest absolute Gasteiger partial charge is 0.238 e. The van der Waals surface area contributed by atoms with E-state index in [1.807, 2.05) is 0 Å². The van der Waals surface area contributed by atoms with E-state index in [4.69, 9.17) is 33.1 Å². The molecule has 2 aromatic carbocycles. The van der Waals surface area contributed by atoms with Crippen molar-refractivity contribution in [3.8, 4) is 11.5 Å². The molecule has 0 aliphatic heterocycles. The van der Waals surface area contributed by atoms with Crippen molar-refractivity contribution < 1.29 is 13.2 Å². The molecule has 0 saturated carbocycles. The molecular weight excluding hydrogens is 309 g/mol. The first-order chi connectivity index (χ1) is 8.84. The maximum absolute atomic E-state index is 11.1. The van der Waals surface area contributed by atoms with Crippen LogP contribution in [0.15, 0.2) is 47.4 Å². The van der Waals surface area contributed by atoms with Crippen molar-refractivity contribution >= 4 is 33.2 Å². The molecule has 0 spiro atoms. The number of hydrogen-bond donors (Lipinski definition) is 1. The Morgan fingerprint density at radius 3 is 1.89 bits per heavy atom. The van der Waals surface area contributed by atoms with E-state index in [-0.39, 0.29) is 4.90 Å². The molecule has 2 aromatic rings. The molecule has 0 fully saturated rings. The van der Waals surface area contributed by atoms with Crippen LogP contribution < -0.4 is 9.88 Å². The van der Waals surface area contributed by atoms with E-state index < -0.39 is 10.0 Å². The molecule has 0 aromatic heterocycles. The molecule has 0 radical (unpaired) electrons. The predicted octanol–water partition coefficient (Wildman–Crippen LogP) is 3.43. The van der Waals surface area contributed by atoms with Crippen molar-refractivity contribution in [1.29, 1.82) is 0 Å². The molecule has 100 valence electrons. The van der Waals surface area contributed by atoms with Gasteiger partial charge in [-0.2, -0.15) is 0 Å². The molecule has 4 nitrogen and oxygen atoms in total. The van der Waals surface area contributed by atoms with Crippen LogP contribution in [0.3, 0.4) is 0 Å². The third-order valence-electron chi connectivity index (χ3n) is 2.22. The predicted molar refractivity (Wildman–Crippen MR) is 74.4 cm³/mol. The molecule has 2 rings (SSSR count). The SMILES string of the molecule is NS(=O)(=O)c1ccc(Oc2cc(Cl)cc(Cl)c2)cc1. The van der Waals surface area contributed by atoms with Crippen LogP contribution in [-0.2, 0) is 10.0 Å². The number of benzene rings is 2. The molecule has 0 saturated heterocycles. The Labute approximate surface area is 120 Å². The summed E-state index contributed by atoms with van der Waals surface area (Å²) in [5, 5.41) is 5.89. The maximum Gasteiger partial charge on any atom is 0.238 e. The van der Waals surface area contributed by atoms with Crippen molar-refractivity contribution in [3.05, 3.63) is 52.5 Å². The fraction of sp³-hybridized carbons (Fsp3) is 0. The Balaban J connectivity index is 2.24. The van der Waals surface area contributed by atoms with Crippen LogP contribution in [0.5, 0.6) is 11.5 Å². The molecule has 2 N–H and O–H groups in total. The lowest BCUT2D eigenvalue weighted by Crippen LogP contribution is -2.11. The second-order valence-corrected chi connectivity index (χ2v) is 6.16. The fourth-order valence-corrected chi connectivity index (χ4v) is 2.44. The van der Waals surface area contributed by atoms with Crippen molar-refractivity contribution in [1.82, 2.24) is 0 Å². The van der Waals surface area contributed by atoms with Crippen LogP contribution in [0.1, 0.15) is 0 Å². The second kappa shape index (κ2) is 5.38. The summed E-state index contributed by atoms with van der Waals surface area (Å²) < 4.78 is 27.7. The summed E-state index contributed by atoms with van der Waals surface area (Å²) in [6, 6.07) is 10.5. The minimum Gasteiger partial charge on any atom is -0.457 e. The Morgan fingerprint density at radius 1 is 0.895 bits per heavy atom. The molecule has 0 amide bonds. The van der Waals surface area contributed by atoms with Gasteiger partial charge in [0.15, 0.2) is 0 Å². The lowest BCUT2D eigenvalue weighted by molar-refractivity contribution is 0.482. The van der Waals surface area contributed by atoms with Crippen LogP contribution in [-0.4, -0.2) is 8.42 Å². The quantitative estimate of drug-likeness (QED) is 0.942. The van der Waals surface area contributed by atoms with Gasteiger partial charge in [-0.1, -0.05) is 23.2 Å². The van der Waals surface area contributed by atoms with Crippen molar-refractivity contribution in [2.45, 2.75) is 4.90 Å². The van der Waals surface area contributed by atoms with E-state index >= 15 is 0 Å². The van der Waals surface area contributed by atoms with Gasteiger partial charge in [-0.05, 0) is 42.5 Å². The molecule has 0 atom stereocenters. The largest absolute Gasteiger partial charge is 0.457 e. The van der Waals surface area contributed by atoms with Crippen LogP contribution in [0.2, 0.25) is 10.0 Å². The molecule has 0 aliphatic rings. The highest BCUT2D eigenvalue weighted by atomic mass is 35.5. The Hall–Kier alpha value is -1.27. The summed E-state index contributed by atoms with van der Waals surface area (Å²) in [6.07, 6.45) is 0. The van der Waals surface area contributed by atoms with Crippen LogP contribution in [0.4, 0.5) is 0 Å². The van der Waals surface area contributed by atoms with Gasteiger partial charge in [0.25, 0.3) is 0 Å². The normalized spacial score (nSPS) is 11.3. The van der Waals surface area contributed by atoms with Crippen LogP contribution in [0.25, 0.3) is 0 Å². The molecule has 0 aliphatic carbocycles. The van der Waals surface area contributed by atoms with Gasteiger partial charge in [-0.15, -0.1) is 0 Å². The average Bonchev–Trinajstić information content (AvgIpc) is 2.26. The third kappa shape index (κ3) is 3.84. The number of sulfonamides is 1. The zero-order valence-corrected chi connectivity index (χ0v) is 11.8. The summed E-state index contributed by atoms with van der Waals surface area (Å²) in [6.45, 7) is 0. The van der Waals surface area contributed by atoms with Gasteiger partial charge < -0.3 is 4.74 Å². The zero-order valence-electron chi connectivity index (χ0n) is 9.51. The molecule has 0 heterocycles. The highest BCUT2D eigenvalue weighted by Gasteiger charge is 2.07. The summed E-state index contributed by atoms with van der Waals surface area (Å²) >= 11 is 11.7. The topological polar surface area (TPSA) is 69.4 Å². The van der Waals surface area contributed by atoms with Gasteiger partial charge in [-0.3, -0.25) is 0 Å². The number of halogens is 2. The number of primary sulfonamides is 1. The van der Waals surface area contributed by atoms with E-state index in [1.165, 1.54) is 24.3 Å².